The second-order valence-electron chi connectivity index (χ2n) is 6.74. The molecule has 0 unspecified atom stereocenters. The first-order valence-electron chi connectivity index (χ1n) is 9.52. The van der Waals surface area contributed by atoms with Gasteiger partial charge >= 0.3 is 0 Å². The van der Waals surface area contributed by atoms with Gasteiger partial charge in [0, 0.05) is 36.8 Å². The molecule has 0 spiro atoms. The Morgan fingerprint density at radius 1 is 1.21 bits per heavy atom. The fourth-order valence-corrected chi connectivity index (χ4v) is 4.86. The monoisotopic (exact) mass is 425 g/mol. The first-order chi connectivity index (χ1) is 14.2. The number of para-hydroxylation sites is 1. The number of rotatable bonds is 7. The van der Waals surface area contributed by atoms with Crippen LogP contribution in [0.4, 0.5) is 11.5 Å². The fraction of sp³-hybridized carbons (Fsp3) is 0.286. The number of thiophene rings is 1. The molecule has 8 heteroatoms. The number of hydrogen-bond donors (Lipinski definition) is 1. The van der Waals surface area contributed by atoms with Crippen LogP contribution in [-0.2, 0) is 4.79 Å². The average Bonchev–Trinajstić information content (AvgIpc) is 3.23. The molecule has 0 radical (unpaired) electrons. The maximum absolute atomic E-state index is 12.6. The lowest BCUT2D eigenvalue weighted by Crippen LogP contribution is -2.49. The van der Waals surface area contributed by atoms with Crippen molar-refractivity contribution >= 4 is 50.7 Å². The lowest BCUT2D eigenvalue weighted by molar-refractivity contribution is -0.117. The molecule has 1 aliphatic rings. The molecule has 3 aromatic rings. The molecule has 1 aromatic carbocycles. The zero-order valence-electron chi connectivity index (χ0n) is 16.1. The van der Waals surface area contributed by atoms with E-state index in [2.05, 4.69) is 43.1 Å². The van der Waals surface area contributed by atoms with Crippen molar-refractivity contribution in [1.29, 1.82) is 0 Å². The summed E-state index contributed by atoms with van der Waals surface area (Å²) in [6.07, 6.45) is 3.50. The van der Waals surface area contributed by atoms with Gasteiger partial charge in [0.2, 0.25) is 5.91 Å². The predicted molar refractivity (Wildman–Crippen MR) is 122 cm³/mol. The van der Waals surface area contributed by atoms with Crippen LogP contribution in [0.25, 0.3) is 10.2 Å². The molecule has 150 valence electrons. The maximum Gasteiger partial charge on any atom is 0.238 e. The highest BCUT2D eigenvalue weighted by atomic mass is 32.2. The molecule has 29 heavy (non-hydrogen) atoms. The summed E-state index contributed by atoms with van der Waals surface area (Å²) in [5, 5.41) is 6.22. The summed E-state index contributed by atoms with van der Waals surface area (Å²) in [6.45, 7) is 7.51. The number of nitrogens with zero attached hydrogens (tertiary/aromatic N) is 4. The number of nitrogens with one attached hydrogen (secondary N) is 1. The number of benzene rings is 1. The van der Waals surface area contributed by atoms with E-state index in [-0.39, 0.29) is 5.91 Å². The molecular formula is C21H23N5OS2. The molecule has 0 atom stereocenters. The Morgan fingerprint density at radius 3 is 2.86 bits per heavy atom. The van der Waals surface area contributed by atoms with Gasteiger partial charge in [-0.1, -0.05) is 18.2 Å². The minimum atomic E-state index is 0.0207. The van der Waals surface area contributed by atoms with Gasteiger partial charge in [-0.2, -0.15) is 0 Å². The van der Waals surface area contributed by atoms with E-state index in [1.807, 2.05) is 30.3 Å². The number of aromatic nitrogens is 2. The second kappa shape index (κ2) is 9.39. The van der Waals surface area contributed by atoms with Crippen molar-refractivity contribution in [3.63, 3.8) is 0 Å². The summed E-state index contributed by atoms with van der Waals surface area (Å²) in [6, 6.07) is 9.98. The van der Waals surface area contributed by atoms with Gasteiger partial charge in [0.05, 0.1) is 17.6 Å². The lowest BCUT2D eigenvalue weighted by atomic mass is 10.2. The van der Waals surface area contributed by atoms with Gasteiger partial charge in [-0.15, -0.1) is 29.7 Å². The molecule has 1 amide bonds. The molecule has 2 aromatic heterocycles. The van der Waals surface area contributed by atoms with Crippen molar-refractivity contribution in [2.75, 3.05) is 48.7 Å². The van der Waals surface area contributed by atoms with E-state index in [9.17, 15) is 4.79 Å². The van der Waals surface area contributed by atoms with Crippen molar-refractivity contribution in [1.82, 2.24) is 14.9 Å². The molecule has 0 bridgehead atoms. The smallest absolute Gasteiger partial charge is 0.238 e. The highest BCUT2D eigenvalue weighted by Gasteiger charge is 2.22. The fourth-order valence-electron chi connectivity index (χ4n) is 3.38. The third-order valence-electron chi connectivity index (χ3n) is 4.80. The number of piperazine rings is 1. The number of thioether (sulfide) groups is 1. The van der Waals surface area contributed by atoms with Gasteiger partial charge in [0.25, 0.3) is 0 Å². The summed E-state index contributed by atoms with van der Waals surface area (Å²) >= 11 is 3.30. The van der Waals surface area contributed by atoms with E-state index < -0.39 is 0 Å². The van der Waals surface area contributed by atoms with E-state index in [0.29, 0.717) is 6.54 Å². The molecule has 0 saturated carbocycles. The summed E-state index contributed by atoms with van der Waals surface area (Å²) < 4.78 is 0. The maximum atomic E-state index is 12.6. The van der Waals surface area contributed by atoms with Gasteiger partial charge in [-0.3, -0.25) is 9.69 Å². The highest BCUT2D eigenvalue weighted by molar-refractivity contribution is 7.99. The van der Waals surface area contributed by atoms with Crippen molar-refractivity contribution in [3.8, 4) is 0 Å². The summed E-state index contributed by atoms with van der Waals surface area (Å²) in [4.78, 5) is 28.0. The zero-order chi connectivity index (χ0) is 20.1. The number of fused-ring (bicyclic) bond motifs is 1. The molecular weight excluding hydrogens is 402 g/mol. The molecule has 1 aliphatic heterocycles. The number of carbonyl (C=O) groups is 1. The van der Waals surface area contributed by atoms with Crippen LogP contribution in [0.15, 0.2) is 59.6 Å². The zero-order valence-corrected chi connectivity index (χ0v) is 17.7. The van der Waals surface area contributed by atoms with Crippen LogP contribution in [-0.4, -0.2) is 59.3 Å². The van der Waals surface area contributed by atoms with Crippen molar-refractivity contribution in [3.05, 3.63) is 54.7 Å². The minimum absolute atomic E-state index is 0.0207. The minimum Gasteiger partial charge on any atom is -0.353 e. The average molecular weight is 426 g/mol. The van der Waals surface area contributed by atoms with Crippen LogP contribution in [0.3, 0.4) is 0 Å². The molecule has 1 fully saturated rings. The van der Waals surface area contributed by atoms with Crippen molar-refractivity contribution in [2.24, 2.45) is 0 Å². The normalized spacial score (nSPS) is 14.8. The Balaban J connectivity index is 1.32. The Labute approximate surface area is 178 Å². The SMILES string of the molecule is C=CCSc1ccccc1NC(=O)CN1CCN(c2ncnc3sccc23)CC1. The molecule has 1 saturated heterocycles. The van der Waals surface area contributed by atoms with Crippen molar-refractivity contribution < 1.29 is 4.79 Å². The number of amides is 1. The largest absolute Gasteiger partial charge is 0.353 e. The summed E-state index contributed by atoms with van der Waals surface area (Å²) in [5.41, 5.74) is 0.865. The Bertz CT molecular complexity index is 997. The molecule has 6 nitrogen and oxygen atoms in total. The number of carbonyl (C=O) groups excluding carboxylic acids is 1. The molecule has 3 heterocycles. The van der Waals surface area contributed by atoms with Crippen LogP contribution in [0.2, 0.25) is 0 Å². The Hall–Kier alpha value is -2.42. The van der Waals surface area contributed by atoms with E-state index in [1.54, 1.807) is 29.4 Å². The van der Waals surface area contributed by atoms with Gasteiger partial charge in [0.15, 0.2) is 0 Å². The first-order valence-corrected chi connectivity index (χ1v) is 11.4. The van der Waals surface area contributed by atoms with Crippen LogP contribution in [0, 0.1) is 0 Å². The van der Waals surface area contributed by atoms with Gasteiger partial charge < -0.3 is 10.2 Å². The van der Waals surface area contributed by atoms with Crippen molar-refractivity contribution in [2.45, 2.75) is 4.90 Å². The van der Waals surface area contributed by atoms with Crippen LogP contribution in [0.1, 0.15) is 0 Å². The predicted octanol–water partition coefficient (Wildman–Crippen LogP) is 3.73. The van der Waals surface area contributed by atoms with Gasteiger partial charge in [0.1, 0.15) is 17.0 Å². The van der Waals surface area contributed by atoms with Gasteiger partial charge in [-0.25, -0.2) is 9.97 Å². The third-order valence-corrected chi connectivity index (χ3v) is 6.69. The summed E-state index contributed by atoms with van der Waals surface area (Å²) in [5.74, 6) is 1.83. The Morgan fingerprint density at radius 2 is 2.03 bits per heavy atom. The third kappa shape index (κ3) is 4.77. The molecule has 4 rings (SSSR count). The van der Waals surface area contributed by atoms with Gasteiger partial charge in [-0.05, 0) is 23.6 Å². The van der Waals surface area contributed by atoms with E-state index in [0.717, 1.165) is 58.5 Å². The summed E-state index contributed by atoms with van der Waals surface area (Å²) in [7, 11) is 0. The quantitative estimate of drug-likeness (QED) is 0.460. The standard InChI is InChI=1S/C21H23N5OS2/c1-2-12-28-18-6-4-3-5-17(18)24-19(27)14-25-8-10-26(11-9-25)20-16-7-13-29-21(16)23-15-22-20/h2-7,13,15H,1,8-12,14H2,(H,24,27). The number of hydrogen-bond acceptors (Lipinski definition) is 7. The van der Waals surface area contributed by atoms with Crippen LogP contribution in [0.5, 0.6) is 0 Å². The van der Waals surface area contributed by atoms with E-state index in [4.69, 9.17) is 0 Å². The first kappa shape index (κ1) is 19.9. The second-order valence-corrected chi connectivity index (χ2v) is 8.70. The number of anilines is 2. The Kier molecular flexibility index (Phi) is 6.43. The highest BCUT2D eigenvalue weighted by Crippen LogP contribution is 2.28. The lowest BCUT2D eigenvalue weighted by Gasteiger charge is -2.35. The van der Waals surface area contributed by atoms with E-state index in [1.165, 1.54) is 0 Å². The van der Waals surface area contributed by atoms with Crippen LogP contribution >= 0.6 is 23.1 Å². The van der Waals surface area contributed by atoms with Crippen LogP contribution < -0.4 is 10.2 Å². The van der Waals surface area contributed by atoms with E-state index >= 15 is 0 Å². The molecule has 0 aliphatic carbocycles. The molecule has 1 N–H and O–H groups in total. The topological polar surface area (TPSA) is 61.4 Å².